The number of hydrogen-bond acceptors (Lipinski definition) is 7. The maximum absolute atomic E-state index is 14.0. The molecular weight excluding hydrogens is 717 g/mol. The lowest BCUT2D eigenvalue weighted by molar-refractivity contribution is -0.123. The molecule has 2 saturated carbocycles. The van der Waals surface area contributed by atoms with Gasteiger partial charge in [-0.05, 0) is 90.9 Å². The molecule has 2 bridgehead atoms. The quantitative estimate of drug-likeness (QED) is 0.214. The van der Waals surface area contributed by atoms with E-state index in [2.05, 4.69) is 26.2 Å². The highest BCUT2D eigenvalue weighted by atomic mass is 79.9. The zero-order valence-electron chi connectivity index (χ0n) is 23.7. The standard InChI is InChI=1S/C33H24BrClFN3O5S2/c34-14-1-8-18(9-2-14)39-31(41)26-20-12-21(27(26)32(39)42)28-25(20)24(29-30(45-28)38-33(43)46-29)19-11-15(35)3-10-22(19)44-13-23(40)37-17-6-4-16(36)5-7-17/h1-11,20-21,24-28H,12-13H2,(H,37,40)(H,38,43)/t20-,21-,24-,25?,26?,27?,28?/m1/s1. The first-order chi connectivity index (χ1) is 22.2. The van der Waals surface area contributed by atoms with Crippen LogP contribution in [-0.4, -0.2) is 34.6 Å². The Balaban J connectivity index is 1.14. The van der Waals surface area contributed by atoms with E-state index in [0.29, 0.717) is 22.1 Å². The van der Waals surface area contributed by atoms with Crippen LogP contribution >= 0.6 is 50.6 Å². The highest BCUT2D eigenvalue weighted by Crippen LogP contribution is 2.69. The van der Waals surface area contributed by atoms with Gasteiger partial charge < -0.3 is 15.0 Å². The molecule has 3 fully saturated rings. The average Bonchev–Trinajstić information content (AvgIpc) is 3.77. The Bertz CT molecular complexity index is 1970. The van der Waals surface area contributed by atoms with E-state index in [0.717, 1.165) is 37.7 Å². The molecule has 234 valence electrons. The summed E-state index contributed by atoms with van der Waals surface area (Å²) in [6, 6.07) is 17.8. The highest BCUT2D eigenvalue weighted by Gasteiger charge is 2.69. The first kappa shape index (κ1) is 29.9. The molecule has 46 heavy (non-hydrogen) atoms. The molecule has 1 saturated heterocycles. The molecule has 8 nitrogen and oxygen atoms in total. The molecule has 4 aliphatic rings. The van der Waals surface area contributed by atoms with Gasteiger partial charge in [0.25, 0.3) is 5.91 Å². The number of rotatable bonds is 6. The van der Waals surface area contributed by atoms with Gasteiger partial charge >= 0.3 is 4.87 Å². The molecule has 4 aromatic rings. The lowest BCUT2D eigenvalue weighted by Gasteiger charge is -2.43. The molecule has 2 N–H and O–H groups in total. The second-order valence-electron chi connectivity index (χ2n) is 12.0. The Morgan fingerprint density at radius 2 is 1.74 bits per heavy atom. The van der Waals surface area contributed by atoms with Crippen molar-refractivity contribution < 1.29 is 23.5 Å². The number of H-pyrrole nitrogens is 1. The van der Waals surface area contributed by atoms with Crippen molar-refractivity contribution in [2.45, 2.75) is 22.6 Å². The van der Waals surface area contributed by atoms with E-state index in [1.807, 2.05) is 12.1 Å². The zero-order valence-corrected chi connectivity index (χ0v) is 27.7. The van der Waals surface area contributed by atoms with E-state index >= 15 is 0 Å². The van der Waals surface area contributed by atoms with Gasteiger partial charge in [0.2, 0.25) is 11.8 Å². The van der Waals surface area contributed by atoms with Crippen molar-refractivity contribution in [2.75, 3.05) is 16.8 Å². The number of thiazole rings is 1. The van der Waals surface area contributed by atoms with Crippen LogP contribution in [0.15, 0.2) is 81.0 Å². The molecule has 8 rings (SSSR count). The molecule has 1 aromatic heterocycles. The number of aromatic nitrogens is 1. The zero-order chi connectivity index (χ0) is 31.9. The lowest BCUT2D eigenvalue weighted by atomic mass is 9.68. The van der Waals surface area contributed by atoms with Gasteiger partial charge in [0.1, 0.15) is 11.6 Å². The van der Waals surface area contributed by atoms with E-state index in [1.54, 1.807) is 42.1 Å². The molecule has 2 aliphatic carbocycles. The van der Waals surface area contributed by atoms with Crippen molar-refractivity contribution in [2.24, 2.45) is 29.6 Å². The number of anilines is 2. The summed E-state index contributed by atoms with van der Waals surface area (Å²) in [5.74, 6) is -2.21. The lowest BCUT2D eigenvalue weighted by Crippen LogP contribution is -2.42. The van der Waals surface area contributed by atoms with Crippen LogP contribution in [0.4, 0.5) is 15.8 Å². The Morgan fingerprint density at radius 1 is 1.02 bits per heavy atom. The second-order valence-corrected chi connectivity index (χ2v) is 15.5. The summed E-state index contributed by atoms with van der Waals surface area (Å²) in [5.41, 5.74) is 1.72. The van der Waals surface area contributed by atoms with Gasteiger partial charge in [-0.1, -0.05) is 38.9 Å². The fourth-order valence-corrected chi connectivity index (χ4v) is 11.3. The molecular formula is C33H24BrClFN3O5S2. The maximum atomic E-state index is 14.0. The minimum Gasteiger partial charge on any atom is -0.483 e. The molecule has 13 heteroatoms. The van der Waals surface area contributed by atoms with Crippen molar-refractivity contribution in [3.63, 3.8) is 0 Å². The van der Waals surface area contributed by atoms with Crippen LogP contribution < -0.4 is 19.8 Å². The highest BCUT2D eigenvalue weighted by molar-refractivity contribution is 9.10. The predicted molar refractivity (Wildman–Crippen MR) is 177 cm³/mol. The fraction of sp³-hybridized carbons (Fsp3) is 0.273. The summed E-state index contributed by atoms with van der Waals surface area (Å²) in [6.07, 6.45) is 0.732. The van der Waals surface area contributed by atoms with Gasteiger partial charge in [0.05, 0.1) is 22.5 Å². The average molecular weight is 741 g/mol. The molecule has 2 aliphatic heterocycles. The van der Waals surface area contributed by atoms with Gasteiger partial charge in [0.15, 0.2) is 6.61 Å². The van der Waals surface area contributed by atoms with Gasteiger partial charge in [-0.2, -0.15) is 0 Å². The third-order valence-corrected chi connectivity index (χ3v) is 13.0. The number of carbonyl (C=O) groups is 3. The van der Waals surface area contributed by atoms with Crippen LogP contribution in [0.2, 0.25) is 5.02 Å². The summed E-state index contributed by atoms with van der Waals surface area (Å²) in [7, 11) is 0. The van der Waals surface area contributed by atoms with Crippen LogP contribution in [0.25, 0.3) is 0 Å². The number of aromatic amines is 1. The van der Waals surface area contributed by atoms with E-state index in [-0.39, 0.29) is 52.2 Å². The van der Waals surface area contributed by atoms with Crippen molar-refractivity contribution in [3.05, 3.63) is 102 Å². The van der Waals surface area contributed by atoms with E-state index in [4.69, 9.17) is 16.3 Å². The summed E-state index contributed by atoms with van der Waals surface area (Å²) >= 11 is 12.7. The maximum Gasteiger partial charge on any atom is 0.305 e. The minimum atomic E-state index is -0.465. The third kappa shape index (κ3) is 4.83. The number of benzene rings is 3. The van der Waals surface area contributed by atoms with Gasteiger partial charge in [-0.3, -0.25) is 24.1 Å². The van der Waals surface area contributed by atoms with Crippen molar-refractivity contribution >= 4 is 79.7 Å². The SMILES string of the molecule is O=C(COc1ccc(Cl)cc1[C@H]1c2sc(=O)[nH]c2SC2C1[C@H]1C[C@@H]2C2C(=O)N(c3ccc(Br)cc3)C(=O)C21)Nc1ccc(F)cc1. The Labute approximate surface area is 283 Å². The van der Waals surface area contributed by atoms with E-state index in [1.165, 1.54) is 29.2 Å². The topological polar surface area (TPSA) is 109 Å². The predicted octanol–water partition coefficient (Wildman–Crippen LogP) is 6.69. The van der Waals surface area contributed by atoms with Crippen LogP contribution in [-0.2, 0) is 14.4 Å². The third-order valence-electron chi connectivity index (χ3n) is 9.60. The molecule has 3 amide bonds. The number of halogens is 3. The molecule has 3 heterocycles. The molecule has 3 aromatic carbocycles. The Kier molecular flexibility index (Phi) is 7.39. The molecule has 7 atom stereocenters. The van der Waals surface area contributed by atoms with E-state index in [9.17, 15) is 23.6 Å². The number of imide groups is 1. The number of fused-ring (bicyclic) bond motifs is 9. The summed E-state index contributed by atoms with van der Waals surface area (Å²) in [5, 5.41) is 3.90. The monoisotopic (exact) mass is 739 g/mol. The van der Waals surface area contributed by atoms with Gasteiger partial charge in [-0.15, -0.1) is 11.8 Å². The number of nitrogens with zero attached hydrogens (tertiary/aromatic N) is 1. The number of carbonyl (C=O) groups excluding carboxylic acids is 3. The van der Waals surface area contributed by atoms with E-state index < -0.39 is 23.6 Å². The first-order valence-corrected chi connectivity index (χ1v) is 17.6. The van der Waals surface area contributed by atoms with Crippen molar-refractivity contribution in [1.82, 2.24) is 4.98 Å². The molecule has 0 radical (unpaired) electrons. The van der Waals surface area contributed by atoms with Gasteiger partial charge in [0, 0.05) is 36.8 Å². The van der Waals surface area contributed by atoms with Crippen LogP contribution in [0, 0.1) is 35.4 Å². The van der Waals surface area contributed by atoms with Crippen molar-refractivity contribution in [1.29, 1.82) is 0 Å². The number of amides is 3. The number of nitrogens with one attached hydrogen (secondary N) is 2. The molecule has 0 spiro atoms. The second kappa shape index (κ2) is 11.4. The van der Waals surface area contributed by atoms with Crippen LogP contribution in [0.5, 0.6) is 5.75 Å². The van der Waals surface area contributed by atoms with Crippen molar-refractivity contribution in [3.8, 4) is 5.75 Å². The summed E-state index contributed by atoms with van der Waals surface area (Å²) < 4.78 is 20.3. The van der Waals surface area contributed by atoms with Gasteiger partial charge in [-0.25, -0.2) is 4.39 Å². The largest absolute Gasteiger partial charge is 0.483 e. The number of hydrogen-bond donors (Lipinski definition) is 2. The van der Waals surface area contributed by atoms with Crippen LogP contribution in [0.3, 0.4) is 0 Å². The normalized spacial score (nSPS) is 27.4. The van der Waals surface area contributed by atoms with Crippen LogP contribution in [0.1, 0.15) is 22.8 Å². The molecule has 4 unspecified atom stereocenters. The number of ether oxygens (including phenoxy) is 1. The Hall–Kier alpha value is -3.45. The smallest absolute Gasteiger partial charge is 0.305 e. The fourth-order valence-electron chi connectivity index (χ4n) is 7.98. The number of thioether (sulfide) groups is 1. The summed E-state index contributed by atoms with van der Waals surface area (Å²) in [4.78, 5) is 58.4. The Morgan fingerprint density at radius 3 is 2.48 bits per heavy atom. The summed E-state index contributed by atoms with van der Waals surface area (Å²) in [6.45, 7) is -0.316. The first-order valence-electron chi connectivity index (χ1n) is 14.7. The minimum absolute atomic E-state index is 0.0239.